The number of furan rings is 1. The predicted octanol–water partition coefficient (Wildman–Crippen LogP) is 2.10. The van der Waals surface area contributed by atoms with Gasteiger partial charge in [0, 0.05) is 5.56 Å². The molecule has 3 heterocycles. The van der Waals surface area contributed by atoms with Crippen LogP contribution in [0.25, 0.3) is 6.08 Å². The number of fused-ring (bicyclic) bond motifs is 1. The SMILES string of the molecule is CCOC(=O)C1=C(C)N=c2s/c(=C/c3ccoc3)c(=O)n2[C@H]1c1ccc(O)cc1. The number of thiazole rings is 1. The molecule has 1 atom stereocenters. The molecule has 29 heavy (non-hydrogen) atoms. The molecule has 1 N–H and O–H groups in total. The number of rotatable bonds is 4. The topological polar surface area (TPSA) is 94.0 Å². The number of hydrogen-bond acceptors (Lipinski definition) is 7. The molecule has 8 heteroatoms. The first-order chi connectivity index (χ1) is 14.0. The highest BCUT2D eigenvalue weighted by Crippen LogP contribution is 2.31. The number of allylic oxidation sites excluding steroid dienone is 1. The van der Waals surface area contributed by atoms with E-state index in [1.54, 1.807) is 44.4 Å². The number of nitrogens with zero attached hydrogens (tertiary/aromatic N) is 2. The molecule has 1 aromatic carbocycles. The molecule has 0 bridgehead atoms. The second-order valence-corrected chi connectivity index (χ2v) is 7.46. The van der Waals surface area contributed by atoms with Gasteiger partial charge >= 0.3 is 5.97 Å². The predicted molar refractivity (Wildman–Crippen MR) is 107 cm³/mol. The molecule has 0 radical (unpaired) electrons. The van der Waals surface area contributed by atoms with E-state index in [2.05, 4.69) is 4.99 Å². The normalized spacial score (nSPS) is 16.5. The summed E-state index contributed by atoms with van der Waals surface area (Å²) < 4.78 is 12.3. The van der Waals surface area contributed by atoms with Gasteiger partial charge in [0.25, 0.3) is 5.56 Å². The number of esters is 1. The number of hydrogen-bond donors (Lipinski definition) is 1. The van der Waals surface area contributed by atoms with Crippen LogP contribution in [-0.4, -0.2) is 22.2 Å². The minimum Gasteiger partial charge on any atom is -0.508 e. The molecular formula is C21H18N2O5S. The van der Waals surface area contributed by atoms with E-state index < -0.39 is 12.0 Å². The van der Waals surface area contributed by atoms with E-state index in [-0.39, 0.29) is 17.9 Å². The zero-order chi connectivity index (χ0) is 20.5. The number of phenolic OH excluding ortho intramolecular Hbond substituents is 1. The lowest BCUT2D eigenvalue weighted by Crippen LogP contribution is -2.39. The molecule has 0 saturated carbocycles. The summed E-state index contributed by atoms with van der Waals surface area (Å²) in [6, 6.07) is 7.47. The monoisotopic (exact) mass is 410 g/mol. The minimum atomic E-state index is -0.697. The van der Waals surface area contributed by atoms with Gasteiger partial charge in [0.1, 0.15) is 5.75 Å². The van der Waals surface area contributed by atoms with Gasteiger partial charge in [0.2, 0.25) is 0 Å². The highest BCUT2D eigenvalue weighted by Gasteiger charge is 2.33. The number of phenols is 1. The zero-order valence-electron chi connectivity index (χ0n) is 15.8. The van der Waals surface area contributed by atoms with Crippen molar-refractivity contribution in [2.75, 3.05) is 6.61 Å². The van der Waals surface area contributed by atoms with E-state index in [0.29, 0.717) is 26.2 Å². The second kappa shape index (κ2) is 7.56. The van der Waals surface area contributed by atoms with Gasteiger partial charge in [0.15, 0.2) is 4.80 Å². The van der Waals surface area contributed by atoms with E-state index in [1.807, 2.05) is 0 Å². The number of ether oxygens (including phenoxy) is 1. The standard InChI is InChI=1S/C21H18N2O5S/c1-3-28-20(26)17-12(2)22-21-23(18(17)14-4-6-15(24)7-5-14)19(25)16(29-21)10-13-8-9-27-11-13/h4-11,18,24H,3H2,1-2H3/b16-10+/t18-/m0/s1. The van der Waals surface area contributed by atoms with Crippen LogP contribution in [-0.2, 0) is 9.53 Å². The third-order valence-corrected chi connectivity index (χ3v) is 5.55. The van der Waals surface area contributed by atoms with Crippen LogP contribution in [0.2, 0.25) is 0 Å². The van der Waals surface area contributed by atoms with Crippen LogP contribution >= 0.6 is 11.3 Å². The summed E-state index contributed by atoms with van der Waals surface area (Å²) in [6.07, 6.45) is 4.81. The molecular weight excluding hydrogens is 392 g/mol. The summed E-state index contributed by atoms with van der Waals surface area (Å²) in [4.78, 5) is 31.0. The highest BCUT2D eigenvalue weighted by molar-refractivity contribution is 7.07. The lowest BCUT2D eigenvalue weighted by molar-refractivity contribution is -0.139. The first-order valence-corrected chi connectivity index (χ1v) is 9.82. The molecule has 0 fully saturated rings. The van der Waals surface area contributed by atoms with Gasteiger partial charge in [-0.15, -0.1) is 0 Å². The second-order valence-electron chi connectivity index (χ2n) is 6.45. The van der Waals surface area contributed by atoms with Crippen LogP contribution < -0.4 is 14.9 Å². The highest BCUT2D eigenvalue weighted by atomic mass is 32.1. The summed E-state index contributed by atoms with van der Waals surface area (Å²) >= 11 is 1.24. The third-order valence-electron chi connectivity index (χ3n) is 4.57. The molecule has 2 aromatic heterocycles. The largest absolute Gasteiger partial charge is 0.508 e. The average Bonchev–Trinajstić information content (AvgIpc) is 3.30. The summed E-state index contributed by atoms with van der Waals surface area (Å²) in [5.41, 5.74) is 1.98. The quantitative estimate of drug-likeness (QED) is 0.665. The van der Waals surface area contributed by atoms with Crippen molar-refractivity contribution < 1.29 is 19.1 Å². The van der Waals surface area contributed by atoms with Crippen LogP contribution in [0, 0.1) is 0 Å². The number of aromatic hydroxyl groups is 1. The lowest BCUT2D eigenvalue weighted by Gasteiger charge is -2.24. The van der Waals surface area contributed by atoms with Crippen LogP contribution in [0.5, 0.6) is 5.75 Å². The van der Waals surface area contributed by atoms with Gasteiger partial charge in [-0.3, -0.25) is 9.36 Å². The fraction of sp³-hybridized carbons (Fsp3) is 0.190. The van der Waals surface area contributed by atoms with Gasteiger partial charge in [-0.2, -0.15) is 0 Å². The van der Waals surface area contributed by atoms with E-state index in [0.717, 1.165) is 5.56 Å². The summed E-state index contributed by atoms with van der Waals surface area (Å²) in [6.45, 7) is 3.67. The Morgan fingerprint density at radius 2 is 2.10 bits per heavy atom. The fourth-order valence-corrected chi connectivity index (χ4v) is 4.32. The van der Waals surface area contributed by atoms with Crippen molar-refractivity contribution >= 4 is 23.4 Å². The van der Waals surface area contributed by atoms with Crippen LogP contribution in [0.1, 0.15) is 31.0 Å². The molecule has 7 nitrogen and oxygen atoms in total. The van der Waals surface area contributed by atoms with Gasteiger partial charge in [-0.1, -0.05) is 23.5 Å². The van der Waals surface area contributed by atoms with E-state index >= 15 is 0 Å². The Labute approximate surface area is 169 Å². The van der Waals surface area contributed by atoms with E-state index in [1.165, 1.54) is 34.3 Å². The fourth-order valence-electron chi connectivity index (χ4n) is 3.27. The maximum Gasteiger partial charge on any atom is 0.338 e. The maximum atomic E-state index is 13.3. The summed E-state index contributed by atoms with van der Waals surface area (Å²) in [7, 11) is 0. The van der Waals surface area contributed by atoms with Crippen molar-refractivity contribution in [3.63, 3.8) is 0 Å². The lowest BCUT2D eigenvalue weighted by atomic mass is 9.96. The van der Waals surface area contributed by atoms with Crippen molar-refractivity contribution in [1.82, 2.24) is 4.57 Å². The van der Waals surface area contributed by atoms with E-state index in [9.17, 15) is 14.7 Å². The van der Waals surface area contributed by atoms with Crippen molar-refractivity contribution in [3.8, 4) is 5.75 Å². The molecule has 0 saturated heterocycles. The van der Waals surface area contributed by atoms with Crippen molar-refractivity contribution in [2.24, 2.45) is 4.99 Å². The van der Waals surface area contributed by atoms with Gasteiger partial charge < -0.3 is 14.3 Å². The Hall–Kier alpha value is -3.39. The molecule has 1 aliphatic rings. The number of carbonyl (C=O) groups excluding carboxylic acids is 1. The Morgan fingerprint density at radius 1 is 1.34 bits per heavy atom. The molecule has 3 aromatic rings. The zero-order valence-corrected chi connectivity index (χ0v) is 16.6. The van der Waals surface area contributed by atoms with Crippen LogP contribution in [0.15, 0.2) is 68.3 Å². The van der Waals surface area contributed by atoms with Crippen LogP contribution in [0.4, 0.5) is 0 Å². The third kappa shape index (κ3) is 3.42. The van der Waals surface area contributed by atoms with Gasteiger partial charge in [-0.05, 0) is 43.7 Å². The van der Waals surface area contributed by atoms with Crippen molar-refractivity contribution in [3.05, 3.63) is 84.9 Å². The average molecular weight is 410 g/mol. The Kier molecular flexibility index (Phi) is 4.94. The number of aromatic nitrogens is 1. The molecule has 0 unspecified atom stereocenters. The first kappa shape index (κ1) is 18.9. The number of carbonyl (C=O) groups is 1. The maximum absolute atomic E-state index is 13.3. The Bertz CT molecular complexity index is 1260. The molecule has 0 aliphatic carbocycles. The summed E-state index contributed by atoms with van der Waals surface area (Å²) in [5.74, 6) is -0.421. The Balaban J connectivity index is 1.97. The molecule has 4 rings (SSSR count). The minimum absolute atomic E-state index is 0.0968. The van der Waals surface area contributed by atoms with Crippen LogP contribution in [0.3, 0.4) is 0 Å². The molecule has 0 spiro atoms. The van der Waals surface area contributed by atoms with Crippen molar-refractivity contribution in [2.45, 2.75) is 19.9 Å². The number of benzene rings is 1. The molecule has 148 valence electrons. The molecule has 1 aliphatic heterocycles. The van der Waals surface area contributed by atoms with Gasteiger partial charge in [0.05, 0.1) is 41.0 Å². The molecule has 0 amide bonds. The first-order valence-electron chi connectivity index (χ1n) is 9.00. The smallest absolute Gasteiger partial charge is 0.338 e. The summed E-state index contributed by atoms with van der Waals surface area (Å²) in [5, 5.41) is 9.66. The van der Waals surface area contributed by atoms with E-state index in [4.69, 9.17) is 9.15 Å². The van der Waals surface area contributed by atoms with Gasteiger partial charge in [-0.25, -0.2) is 9.79 Å². The van der Waals surface area contributed by atoms with Crippen molar-refractivity contribution in [1.29, 1.82) is 0 Å². The Morgan fingerprint density at radius 3 is 2.76 bits per heavy atom.